The topological polar surface area (TPSA) is 9.23 Å². The van der Waals surface area contributed by atoms with Gasteiger partial charge in [-0.3, -0.25) is 0 Å². The molecule has 3 heteroatoms. The fourth-order valence-electron chi connectivity index (χ4n) is 1.69. The van der Waals surface area contributed by atoms with Gasteiger partial charge in [0.1, 0.15) is 17.4 Å². The maximum Gasteiger partial charge on any atom is 0.126 e. The second kappa shape index (κ2) is 4.95. The van der Waals surface area contributed by atoms with E-state index < -0.39 is 11.6 Å². The van der Waals surface area contributed by atoms with E-state index in [1.54, 1.807) is 7.11 Å². The highest BCUT2D eigenvalue weighted by atomic mass is 19.1. The summed E-state index contributed by atoms with van der Waals surface area (Å²) in [6.07, 6.45) is 0.499. The van der Waals surface area contributed by atoms with Crippen molar-refractivity contribution in [2.24, 2.45) is 0 Å². The first-order valence-corrected chi connectivity index (χ1v) is 5.25. The van der Waals surface area contributed by atoms with E-state index in [9.17, 15) is 8.78 Å². The summed E-state index contributed by atoms with van der Waals surface area (Å²) < 4.78 is 31.0. The van der Waals surface area contributed by atoms with Crippen LogP contribution < -0.4 is 4.74 Å². The first-order valence-electron chi connectivity index (χ1n) is 5.25. The van der Waals surface area contributed by atoms with Crippen molar-refractivity contribution in [2.75, 3.05) is 7.11 Å². The summed E-state index contributed by atoms with van der Waals surface area (Å²) in [6, 6.07) is 11.0. The lowest BCUT2D eigenvalue weighted by Crippen LogP contribution is -1.91. The first-order chi connectivity index (χ1) is 8.17. The third kappa shape index (κ3) is 3.03. The Morgan fingerprint density at radius 1 is 0.882 bits per heavy atom. The minimum absolute atomic E-state index is 0.499. The van der Waals surface area contributed by atoms with E-state index in [4.69, 9.17) is 4.74 Å². The molecule has 0 aliphatic carbocycles. The molecule has 2 rings (SSSR count). The highest BCUT2D eigenvalue weighted by Crippen LogP contribution is 2.16. The minimum atomic E-state index is -0.548. The van der Waals surface area contributed by atoms with Gasteiger partial charge in [0.05, 0.1) is 7.11 Å². The fourth-order valence-corrected chi connectivity index (χ4v) is 1.69. The second-order valence-electron chi connectivity index (χ2n) is 3.80. The Labute approximate surface area is 98.7 Å². The molecule has 2 aromatic rings. The van der Waals surface area contributed by atoms with Crippen molar-refractivity contribution >= 4 is 0 Å². The Morgan fingerprint density at radius 3 is 2.00 bits per heavy atom. The fraction of sp³-hybridized carbons (Fsp3) is 0.143. The van der Waals surface area contributed by atoms with Crippen molar-refractivity contribution in [1.82, 2.24) is 0 Å². The highest BCUT2D eigenvalue weighted by Gasteiger charge is 2.02. The van der Waals surface area contributed by atoms with Crippen molar-refractivity contribution in [3.63, 3.8) is 0 Å². The summed E-state index contributed by atoms with van der Waals surface area (Å²) in [4.78, 5) is 0. The van der Waals surface area contributed by atoms with E-state index in [0.717, 1.165) is 17.4 Å². The van der Waals surface area contributed by atoms with Gasteiger partial charge in [-0.1, -0.05) is 12.1 Å². The molecular weight excluding hydrogens is 222 g/mol. The Balaban J connectivity index is 2.19. The predicted octanol–water partition coefficient (Wildman–Crippen LogP) is 3.56. The molecule has 0 aliphatic heterocycles. The molecule has 17 heavy (non-hydrogen) atoms. The number of hydrogen-bond donors (Lipinski definition) is 0. The summed E-state index contributed by atoms with van der Waals surface area (Å²) >= 11 is 0. The highest BCUT2D eigenvalue weighted by molar-refractivity contribution is 5.31. The molecule has 0 N–H and O–H groups in total. The number of methoxy groups -OCH3 is 1. The third-order valence-electron chi connectivity index (χ3n) is 2.49. The smallest absolute Gasteiger partial charge is 0.126 e. The standard InChI is InChI=1S/C14H12F2O/c1-17-14-4-2-10(3-5-14)6-11-7-12(15)9-13(16)8-11/h2-5,7-9H,6H2,1H3. The van der Waals surface area contributed by atoms with Gasteiger partial charge in [0, 0.05) is 6.07 Å². The van der Waals surface area contributed by atoms with E-state index in [2.05, 4.69) is 0 Å². The zero-order chi connectivity index (χ0) is 12.3. The largest absolute Gasteiger partial charge is 0.497 e. The summed E-state index contributed by atoms with van der Waals surface area (Å²) in [5, 5.41) is 0. The molecule has 0 spiro atoms. The molecule has 1 nitrogen and oxygen atoms in total. The lowest BCUT2D eigenvalue weighted by molar-refractivity contribution is 0.414. The monoisotopic (exact) mass is 234 g/mol. The van der Waals surface area contributed by atoms with Crippen LogP contribution in [0.2, 0.25) is 0 Å². The molecule has 0 aromatic heterocycles. The number of halogens is 2. The van der Waals surface area contributed by atoms with Crippen LogP contribution in [-0.4, -0.2) is 7.11 Å². The van der Waals surface area contributed by atoms with E-state index in [1.807, 2.05) is 24.3 Å². The number of rotatable bonds is 3. The van der Waals surface area contributed by atoms with Crippen LogP contribution in [0.1, 0.15) is 11.1 Å². The van der Waals surface area contributed by atoms with E-state index in [1.165, 1.54) is 12.1 Å². The summed E-state index contributed by atoms with van der Waals surface area (Å²) in [5.41, 5.74) is 1.60. The maximum atomic E-state index is 13.0. The molecule has 0 saturated heterocycles. The van der Waals surface area contributed by atoms with Crippen LogP contribution in [0.25, 0.3) is 0 Å². The van der Waals surface area contributed by atoms with Crippen LogP contribution in [0, 0.1) is 11.6 Å². The van der Waals surface area contributed by atoms with Crippen LogP contribution >= 0.6 is 0 Å². The van der Waals surface area contributed by atoms with Gasteiger partial charge in [-0.2, -0.15) is 0 Å². The van der Waals surface area contributed by atoms with Crippen molar-refractivity contribution in [3.8, 4) is 5.75 Å². The van der Waals surface area contributed by atoms with Gasteiger partial charge >= 0.3 is 0 Å². The van der Waals surface area contributed by atoms with Crippen LogP contribution in [0.15, 0.2) is 42.5 Å². The molecule has 0 saturated carbocycles. The Kier molecular flexibility index (Phi) is 3.38. The average molecular weight is 234 g/mol. The van der Waals surface area contributed by atoms with Gasteiger partial charge in [0.15, 0.2) is 0 Å². The van der Waals surface area contributed by atoms with Crippen molar-refractivity contribution < 1.29 is 13.5 Å². The molecule has 0 bridgehead atoms. The molecule has 0 fully saturated rings. The average Bonchev–Trinajstić information content (AvgIpc) is 2.28. The Morgan fingerprint density at radius 2 is 1.47 bits per heavy atom. The Hall–Kier alpha value is -1.90. The quantitative estimate of drug-likeness (QED) is 0.789. The molecule has 0 aliphatic rings. The van der Waals surface area contributed by atoms with Gasteiger partial charge in [-0.15, -0.1) is 0 Å². The molecule has 0 atom stereocenters. The number of benzene rings is 2. The van der Waals surface area contributed by atoms with Crippen molar-refractivity contribution in [1.29, 1.82) is 0 Å². The number of hydrogen-bond acceptors (Lipinski definition) is 1. The normalized spacial score (nSPS) is 10.3. The summed E-state index contributed by atoms with van der Waals surface area (Å²) in [6.45, 7) is 0. The van der Waals surface area contributed by atoms with Crippen molar-refractivity contribution in [2.45, 2.75) is 6.42 Å². The lowest BCUT2D eigenvalue weighted by Gasteiger charge is -2.04. The first kappa shape index (κ1) is 11.6. The van der Waals surface area contributed by atoms with E-state index in [0.29, 0.717) is 12.0 Å². The van der Waals surface area contributed by atoms with Crippen LogP contribution in [0.5, 0.6) is 5.75 Å². The van der Waals surface area contributed by atoms with Gasteiger partial charge < -0.3 is 4.74 Å². The third-order valence-corrected chi connectivity index (χ3v) is 2.49. The van der Waals surface area contributed by atoms with Gasteiger partial charge in [-0.05, 0) is 41.8 Å². The molecule has 88 valence electrons. The zero-order valence-electron chi connectivity index (χ0n) is 9.41. The van der Waals surface area contributed by atoms with Crippen LogP contribution in [0.4, 0.5) is 8.78 Å². The Bertz CT molecular complexity index is 486. The van der Waals surface area contributed by atoms with E-state index in [-0.39, 0.29) is 0 Å². The zero-order valence-corrected chi connectivity index (χ0v) is 9.41. The molecule has 0 unspecified atom stereocenters. The molecule has 0 radical (unpaired) electrons. The SMILES string of the molecule is COc1ccc(Cc2cc(F)cc(F)c2)cc1. The molecule has 0 heterocycles. The predicted molar refractivity (Wildman–Crippen MR) is 62.2 cm³/mol. The van der Waals surface area contributed by atoms with Crippen molar-refractivity contribution in [3.05, 3.63) is 65.2 Å². The lowest BCUT2D eigenvalue weighted by atomic mass is 10.0. The molecule has 0 amide bonds. The van der Waals surface area contributed by atoms with Gasteiger partial charge in [-0.25, -0.2) is 8.78 Å². The second-order valence-corrected chi connectivity index (χ2v) is 3.80. The molecule has 2 aromatic carbocycles. The van der Waals surface area contributed by atoms with E-state index >= 15 is 0 Å². The van der Waals surface area contributed by atoms with Gasteiger partial charge in [0.2, 0.25) is 0 Å². The maximum absolute atomic E-state index is 13.0. The summed E-state index contributed by atoms with van der Waals surface area (Å²) in [5.74, 6) is -0.332. The minimum Gasteiger partial charge on any atom is -0.497 e. The van der Waals surface area contributed by atoms with Gasteiger partial charge in [0.25, 0.3) is 0 Å². The molecular formula is C14H12F2O. The number of ether oxygens (including phenoxy) is 1. The summed E-state index contributed by atoms with van der Waals surface area (Å²) in [7, 11) is 1.59. The van der Waals surface area contributed by atoms with Crippen LogP contribution in [-0.2, 0) is 6.42 Å². The van der Waals surface area contributed by atoms with Crippen LogP contribution in [0.3, 0.4) is 0 Å².